The average Bonchev–Trinajstić information content (AvgIpc) is 3.30. The zero-order valence-corrected chi connectivity index (χ0v) is 18.6. The van der Waals surface area contributed by atoms with Crippen LogP contribution in [0.25, 0.3) is 0 Å². The Balaban J connectivity index is 1.33. The van der Waals surface area contributed by atoms with E-state index in [1.54, 1.807) is 7.05 Å². The van der Waals surface area contributed by atoms with Gasteiger partial charge in [0.2, 0.25) is 0 Å². The summed E-state index contributed by atoms with van der Waals surface area (Å²) in [7, 11) is 1.72. The van der Waals surface area contributed by atoms with Gasteiger partial charge in [-0.15, -0.1) is 0 Å². The Labute approximate surface area is 187 Å². The number of hydrogen-bond donors (Lipinski definition) is 2. The van der Waals surface area contributed by atoms with E-state index in [2.05, 4.69) is 40.7 Å². The van der Waals surface area contributed by atoms with Crippen molar-refractivity contribution >= 4 is 5.96 Å². The third-order valence-electron chi connectivity index (χ3n) is 5.51. The Bertz CT molecular complexity index is 961. The molecule has 1 unspecified atom stereocenters. The van der Waals surface area contributed by atoms with Crippen LogP contribution in [0.4, 0.5) is 4.39 Å². The second kappa shape index (κ2) is 10.7. The lowest BCUT2D eigenvalue weighted by Crippen LogP contribution is -2.38. The predicted octanol–water partition coefficient (Wildman–Crippen LogP) is 3.08. The summed E-state index contributed by atoms with van der Waals surface area (Å²) >= 11 is 0. The molecule has 2 aliphatic rings. The van der Waals surface area contributed by atoms with Crippen LogP contribution < -0.4 is 20.1 Å². The molecule has 1 atom stereocenters. The molecule has 0 bridgehead atoms. The van der Waals surface area contributed by atoms with Crippen molar-refractivity contribution in [1.82, 2.24) is 10.6 Å². The molecule has 2 heterocycles. The molecule has 1 fully saturated rings. The summed E-state index contributed by atoms with van der Waals surface area (Å²) in [5.74, 6) is 1.97. The summed E-state index contributed by atoms with van der Waals surface area (Å²) < 4.78 is 36.4. The van der Waals surface area contributed by atoms with Gasteiger partial charge in [0.15, 0.2) is 12.8 Å². The van der Waals surface area contributed by atoms with Crippen LogP contribution in [0.15, 0.2) is 35.3 Å². The molecule has 172 valence electrons. The molecule has 7 nitrogen and oxygen atoms in total. The second-order valence-electron chi connectivity index (χ2n) is 7.98. The number of aryl methyl sites for hydroxylation is 1. The molecule has 0 aliphatic carbocycles. The monoisotopic (exact) mass is 443 g/mol. The fraction of sp³-hybridized carbons (Fsp3) is 0.458. The Morgan fingerprint density at radius 3 is 2.91 bits per heavy atom. The topological polar surface area (TPSA) is 73.3 Å². The molecule has 1 saturated heterocycles. The Morgan fingerprint density at radius 1 is 1.19 bits per heavy atom. The Kier molecular flexibility index (Phi) is 7.44. The fourth-order valence-electron chi connectivity index (χ4n) is 3.86. The molecule has 2 aromatic carbocycles. The van der Waals surface area contributed by atoms with Gasteiger partial charge in [0.1, 0.15) is 23.4 Å². The van der Waals surface area contributed by atoms with Crippen LogP contribution in [-0.4, -0.2) is 45.7 Å². The zero-order valence-electron chi connectivity index (χ0n) is 18.6. The molecule has 2 aliphatic heterocycles. The third kappa shape index (κ3) is 5.69. The molecule has 2 aromatic rings. The van der Waals surface area contributed by atoms with E-state index in [0.29, 0.717) is 38.7 Å². The highest BCUT2D eigenvalue weighted by atomic mass is 19.1. The maximum Gasteiger partial charge on any atom is 0.191 e. The number of guanidine groups is 1. The lowest BCUT2D eigenvalue weighted by Gasteiger charge is -2.21. The molecule has 8 heteroatoms. The highest BCUT2D eigenvalue weighted by molar-refractivity contribution is 5.79. The van der Waals surface area contributed by atoms with Gasteiger partial charge in [0, 0.05) is 37.7 Å². The van der Waals surface area contributed by atoms with Crippen LogP contribution in [0.2, 0.25) is 0 Å². The Morgan fingerprint density at radius 2 is 2.09 bits per heavy atom. The minimum Gasteiger partial charge on any atom is -0.488 e. The largest absolute Gasteiger partial charge is 0.488 e. The van der Waals surface area contributed by atoms with E-state index < -0.39 is 0 Å². The van der Waals surface area contributed by atoms with E-state index in [9.17, 15) is 4.39 Å². The van der Waals surface area contributed by atoms with E-state index in [1.165, 1.54) is 12.1 Å². The number of nitrogens with one attached hydrogen (secondary N) is 2. The second-order valence-corrected chi connectivity index (χ2v) is 7.98. The van der Waals surface area contributed by atoms with E-state index in [1.807, 2.05) is 0 Å². The lowest BCUT2D eigenvalue weighted by atomic mass is 10.1. The van der Waals surface area contributed by atoms with Gasteiger partial charge in [0.05, 0.1) is 19.8 Å². The van der Waals surface area contributed by atoms with Gasteiger partial charge in [-0.2, -0.15) is 0 Å². The quantitative estimate of drug-likeness (QED) is 0.506. The molecular weight excluding hydrogens is 413 g/mol. The molecule has 0 aromatic heterocycles. The van der Waals surface area contributed by atoms with E-state index in [-0.39, 0.29) is 18.7 Å². The number of fused-ring (bicyclic) bond motifs is 1. The molecule has 0 amide bonds. The number of halogens is 1. The molecule has 0 saturated carbocycles. The minimum absolute atomic E-state index is 0.0952. The van der Waals surface area contributed by atoms with Gasteiger partial charge in [0.25, 0.3) is 0 Å². The standard InChI is InChI=1S/C24H30FN3O4/c1-16-3-4-18(22(9-16)32-21-6-8-29-14-21)12-28-24(26-2)27-7-5-17-10-20(25)11-19-13-30-15-31-23(17)19/h3-4,9-11,21H,5-8,12-15H2,1-2H3,(H2,26,27,28). The van der Waals surface area contributed by atoms with Crippen molar-refractivity contribution < 1.29 is 23.3 Å². The number of rotatable bonds is 7. The average molecular weight is 444 g/mol. The summed E-state index contributed by atoms with van der Waals surface area (Å²) in [5, 5.41) is 6.62. The van der Waals surface area contributed by atoms with Gasteiger partial charge < -0.3 is 29.6 Å². The predicted molar refractivity (Wildman–Crippen MR) is 120 cm³/mol. The summed E-state index contributed by atoms with van der Waals surface area (Å²) in [5.41, 5.74) is 3.77. The van der Waals surface area contributed by atoms with Gasteiger partial charge in [-0.05, 0) is 42.7 Å². The normalized spacial score (nSPS) is 18.1. The van der Waals surface area contributed by atoms with Gasteiger partial charge in [-0.25, -0.2) is 4.39 Å². The van der Waals surface area contributed by atoms with Crippen molar-refractivity contribution in [1.29, 1.82) is 0 Å². The molecule has 0 radical (unpaired) electrons. The summed E-state index contributed by atoms with van der Waals surface area (Å²) in [6.45, 7) is 5.13. The van der Waals surface area contributed by atoms with Gasteiger partial charge >= 0.3 is 0 Å². The highest BCUT2D eigenvalue weighted by Crippen LogP contribution is 2.29. The molecule has 32 heavy (non-hydrogen) atoms. The molecule has 4 rings (SSSR count). The van der Waals surface area contributed by atoms with E-state index in [0.717, 1.165) is 46.8 Å². The van der Waals surface area contributed by atoms with E-state index >= 15 is 0 Å². The number of benzene rings is 2. The van der Waals surface area contributed by atoms with Crippen LogP contribution in [0, 0.1) is 12.7 Å². The highest BCUT2D eigenvalue weighted by Gasteiger charge is 2.19. The lowest BCUT2D eigenvalue weighted by molar-refractivity contribution is -0.0172. The first kappa shape index (κ1) is 22.4. The van der Waals surface area contributed by atoms with Crippen molar-refractivity contribution in [2.75, 3.05) is 33.6 Å². The smallest absolute Gasteiger partial charge is 0.191 e. The van der Waals surface area contributed by atoms with Crippen LogP contribution in [0.5, 0.6) is 11.5 Å². The number of ether oxygens (including phenoxy) is 4. The molecule has 0 spiro atoms. The number of nitrogens with zero attached hydrogens (tertiary/aromatic N) is 1. The van der Waals surface area contributed by atoms with Gasteiger partial charge in [-0.3, -0.25) is 4.99 Å². The Hall–Kier alpha value is -2.84. The van der Waals surface area contributed by atoms with Crippen LogP contribution in [0.3, 0.4) is 0 Å². The number of hydrogen-bond acceptors (Lipinski definition) is 5. The maximum atomic E-state index is 13.9. The summed E-state index contributed by atoms with van der Waals surface area (Å²) in [6, 6.07) is 9.18. The van der Waals surface area contributed by atoms with Crippen LogP contribution >= 0.6 is 0 Å². The van der Waals surface area contributed by atoms with Crippen molar-refractivity contribution in [3.63, 3.8) is 0 Å². The summed E-state index contributed by atoms with van der Waals surface area (Å²) in [6.07, 6.45) is 1.60. The first-order valence-corrected chi connectivity index (χ1v) is 10.9. The van der Waals surface area contributed by atoms with Crippen LogP contribution in [0.1, 0.15) is 28.7 Å². The van der Waals surface area contributed by atoms with Gasteiger partial charge in [-0.1, -0.05) is 12.1 Å². The molecule has 2 N–H and O–H groups in total. The first-order chi connectivity index (χ1) is 15.6. The van der Waals surface area contributed by atoms with Crippen LogP contribution in [-0.2, 0) is 29.0 Å². The van der Waals surface area contributed by atoms with Crippen molar-refractivity contribution in [2.45, 2.75) is 39.0 Å². The maximum absolute atomic E-state index is 13.9. The summed E-state index contributed by atoms with van der Waals surface area (Å²) in [4.78, 5) is 4.30. The first-order valence-electron chi connectivity index (χ1n) is 10.9. The SMILES string of the molecule is CN=C(NCCc1cc(F)cc2c1OCOC2)NCc1ccc(C)cc1OC1CCOC1. The number of aliphatic imine (C=N–C) groups is 1. The van der Waals surface area contributed by atoms with E-state index in [4.69, 9.17) is 18.9 Å². The van der Waals surface area contributed by atoms with Crippen molar-refractivity contribution in [2.24, 2.45) is 4.99 Å². The molecular formula is C24H30FN3O4. The van der Waals surface area contributed by atoms with Crippen molar-refractivity contribution in [3.8, 4) is 11.5 Å². The fourth-order valence-corrected chi connectivity index (χ4v) is 3.86. The van der Waals surface area contributed by atoms with Crippen molar-refractivity contribution in [3.05, 3.63) is 58.4 Å². The zero-order chi connectivity index (χ0) is 22.3. The minimum atomic E-state index is -0.282. The third-order valence-corrected chi connectivity index (χ3v) is 5.51.